The van der Waals surface area contributed by atoms with E-state index in [1.54, 1.807) is 0 Å². The summed E-state index contributed by atoms with van der Waals surface area (Å²) >= 11 is 0. The maximum atomic E-state index is 6.01. The van der Waals surface area contributed by atoms with E-state index in [0.717, 1.165) is 12.8 Å². The molecular formula is C13H21N. The van der Waals surface area contributed by atoms with Crippen LogP contribution in [0.25, 0.3) is 0 Å². The van der Waals surface area contributed by atoms with Gasteiger partial charge in [-0.05, 0) is 36.8 Å². The first kappa shape index (κ1) is 11.3. The molecule has 2 N–H and O–H groups in total. The van der Waals surface area contributed by atoms with Gasteiger partial charge < -0.3 is 5.73 Å². The maximum Gasteiger partial charge on any atom is 0.00650 e. The Morgan fingerprint density at radius 3 is 2.43 bits per heavy atom. The van der Waals surface area contributed by atoms with E-state index < -0.39 is 0 Å². The normalized spacial score (nSPS) is 13.2. The van der Waals surface area contributed by atoms with Gasteiger partial charge in [-0.25, -0.2) is 0 Å². The summed E-state index contributed by atoms with van der Waals surface area (Å²) in [5, 5.41) is 0. The predicted molar refractivity (Wildman–Crippen MR) is 62.3 cm³/mol. The Kier molecular flexibility index (Phi) is 4.15. The fraction of sp³-hybridized carbons (Fsp3) is 0.538. The van der Waals surface area contributed by atoms with E-state index in [4.69, 9.17) is 5.73 Å². The summed E-state index contributed by atoms with van der Waals surface area (Å²) in [6.07, 6.45) is 2.19. The van der Waals surface area contributed by atoms with E-state index in [-0.39, 0.29) is 0 Å². The van der Waals surface area contributed by atoms with Gasteiger partial charge >= 0.3 is 0 Å². The van der Waals surface area contributed by atoms with Crippen LogP contribution in [0.5, 0.6) is 0 Å². The van der Waals surface area contributed by atoms with Crippen LogP contribution in [0.15, 0.2) is 24.3 Å². The SMILES string of the molecule is Cc1ccccc1CCC(N)C(C)C. The predicted octanol–water partition coefficient (Wildman–Crippen LogP) is 2.91. The molecule has 0 saturated carbocycles. The van der Waals surface area contributed by atoms with Crippen LogP contribution in [0, 0.1) is 12.8 Å². The standard InChI is InChI=1S/C13H21N/c1-10(2)13(14)9-8-12-7-5-4-6-11(12)3/h4-7,10,13H,8-9,14H2,1-3H3. The molecule has 1 nitrogen and oxygen atoms in total. The molecule has 0 spiro atoms. The fourth-order valence-corrected chi connectivity index (χ4v) is 1.55. The Hall–Kier alpha value is -0.820. The summed E-state index contributed by atoms with van der Waals surface area (Å²) in [6.45, 7) is 6.53. The number of rotatable bonds is 4. The Bertz CT molecular complexity index is 278. The molecule has 0 amide bonds. The van der Waals surface area contributed by atoms with Gasteiger partial charge in [-0.1, -0.05) is 38.1 Å². The van der Waals surface area contributed by atoms with Crippen LogP contribution < -0.4 is 5.73 Å². The van der Waals surface area contributed by atoms with Crippen molar-refractivity contribution in [3.8, 4) is 0 Å². The number of aryl methyl sites for hydroxylation is 2. The van der Waals surface area contributed by atoms with E-state index >= 15 is 0 Å². The molecule has 1 aromatic carbocycles. The lowest BCUT2D eigenvalue weighted by molar-refractivity contribution is 0.464. The molecule has 0 saturated heterocycles. The van der Waals surface area contributed by atoms with Crippen LogP contribution in [-0.4, -0.2) is 6.04 Å². The zero-order chi connectivity index (χ0) is 10.6. The van der Waals surface area contributed by atoms with Gasteiger partial charge in [0.25, 0.3) is 0 Å². The third kappa shape index (κ3) is 3.15. The number of benzene rings is 1. The fourth-order valence-electron chi connectivity index (χ4n) is 1.55. The van der Waals surface area contributed by atoms with Crippen LogP contribution in [0.4, 0.5) is 0 Å². The van der Waals surface area contributed by atoms with Crippen molar-refractivity contribution in [2.24, 2.45) is 11.7 Å². The molecule has 78 valence electrons. The molecule has 0 aromatic heterocycles. The third-order valence-corrected chi connectivity index (χ3v) is 2.86. The van der Waals surface area contributed by atoms with Crippen molar-refractivity contribution in [3.05, 3.63) is 35.4 Å². The lowest BCUT2D eigenvalue weighted by atomic mass is 9.96. The van der Waals surface area contributed by atoms with Gasteiger partial charge in [0, 0.05) is 6.04 Å². The van der Waals surface area contributed by atoms with Crippen molar-refractivity contribution < 1.29 is 0 Å². The van der Waals surface area contributed by atoms with Crippen LogP contribution in [0.3, 0.4) is 0 Å². The van der Waals surface area contributed by atoms with E-state index in [1.165, 1.54) is 11.1 Å². The summed E-state index contributed by atoms with van der Waals surface area (Å²) in [7, 11) is 0. The highest BCUT2D eigenvalue weighted by Crippen LogP contribution is 2.12. The number of hydrogen-bond donors (Lipinski definition) is 1. The van der Waals surface area contributed by atoms with Crippen LogP contribution >= 0.6 is 0 Å². The first-order valence-corrected chi connectivity index (χ1v) is 5.41. The second-order valence-electron chi connectivity index (χ2n) is 4.37. The van der Waals surface area contributed by atoms with Gasteiger partial charge in [0.1, 0.15) is 0 Å². The van der Waals surface area contributed by atoms with E-state index in [0.29, 0.717) is 12.0 Å². The number of hydrogen-bond acceptors (Lipinski definition) is 1. The molecule has 0 bridgehead atoms. The minimum Gasteiger partial charge on any atom is -0.327 e. The van der Waals surface area contributed by atoms with Crippen molar-refractivity contribution in [3.63, 3.8) is 0 Å². The summed E-state index contributed by atoms with van der Waals surface area (Å²) in [5.41, 5.74) is 8.83. The zero-order valence-corrected chi connectivity index (χ0v) is 9.46. The van der Waals surface area contributed by atoms with Crippen molar-refractivity contribution >= 4 is 0 Å². The minimum absolute atomic E-state index is 0.328. The highest BCUT2D eigenvalue weighted by molar-refractivity contribution is 5.25. The molecule has 0 heterocycles. The van der Waals surface area contributed by atoms with Crippen LogP contribution in [0.1, 0.15) is 31.4 Å². The van der Waals surface area contributed by atoms with Crippen molar-refractivity contribution in [1.29, 1.82) is 0 Å². The Morgan fingerprint density at radius 1 is 1.21 bits per heavy atom. The molecule has 0 aliphatic carbocycles. The van der Waals surface area contributed by atoms with Crippen LogP contribution in [-0.2, 0) is 6.42 Å². The van der Waals surface area contributed by atoms with Crippen molar-refractivity contribution in [2.75, 3.05) is 0 Å². The van der Waals surface area contributed by atoms with E-state index in [2.05, 4.69) is 45.0 Å². The largest absolute Gasteiger partial charge is 0.327 e. The maximum absolute atomic E-state index is 6.01. The molecule has 1 atom stereocenters. The summed E-state index contributed by atoms with van der Waals surface area (Å²) in [5.74, 6) is 0.582. The van der Waals surface area contributed by atoms with Gasteiger partial charge in [0.2, 0.25) is 0 Å². The summed E-state index contributed by atoms with van der Waals surface area (Å²) in [6, 6.07) is 8.87. The average molecular weight is 191 g/mol. The monoisotopic (exact) mass is 191 g/mol. The quantitative estimate of drug-likeness (QED) is 0.778. The first-order valence-electron chi connectivity index (χ1n) is 5.41. The Morgan fingerprint density at radius 2 is 1.86 bits per heavy atom. The minimum atomic E-state index is 0.328. The molecule has 0 radical (unpaired) electrons. The van der Waals surface area contributed by atoms with Gasteiger partial charge in [-0.15, -0.1) is 0 Å². The molecule has 1 rings (SSSR count). The molecule has 0 fully saturated rings. The second kappa shape index (κ2) is 5.16. The molecular weight excluding hydrogens is 170 g/mol. The summed E-state index contributed by atoms with van der Waals surface area (Å²) < 4.78 is 0. The van der Waals surface area contributed by atoms with Crippen LogP contribution in [0.2, 0.25) is 0 Å². The second-order valence-corrected chi connectivity index (χ2v) is 4.37. The Labute approximate surface area is 87.3 Å². The highest BCUT2D eigenvalue weighted by atomic mass is 14.6. The van der Waals surface area contributed by atoms with Crippen molar-refractivity contribution in [1.82, 2.24) is 0 Å². The lowest BCUT2D eigenvalue weighted by Crippen LogP contribution is -2.26. The Balaban J connectivity index is 2.50. The number of nitrogens with two attached hydrogens (primary N) is 1. The molecule has 0 aliphatic rings. The molecule has 14 heavy (non-hydrogen) atoms. The first-order chi connectivity index (χ1) is 6.61. The molecule has 0 aliphatic heterocycles. The van der Waals surface area contributed by atoms with Gasteiger partial charge in [0.05, 0.1) is 0 Å². The van der Waals surface area contributed by atoms with Gasteiger partial charge in [0.15, 0.2) is 0 Å². The molecule has 1 heteroatoms. The van der Waals surface area contributed by atoms with Gasteiger partial charge in [-0.3, -0.25) is 0 Å². The molecule has 1 aromatic rings. The van der Waals surface area contributed by atoms with Crippen molar-refractivity contribution in [2.45, 2.75) is 39.7 Å². The smallest absolute Gasteiger partial charge is 0.00650 e. The topological polar surface area (TPSA) is 26.0 Å². The third-order valence-electron chi connectivity index (χ3n) is 2.86. The van der Waals surface area contributed by atoms with Gasteiger partial charge in [-0.2, -0.15) is 0 Å². The van der Waals surface area contributed by atoms with E-state index in [9.17, 15) is 0 Å². The van der Waals surface area contributed by atoms with E-state index in [1.807, 2.05) is 0 Å². The summed E-state index contributed by atoms with van der Waals surface area (Å²) in [4.78, 5) is 0. The highest BCUT2D eigenvalue weighted by Gasteiger charge is 2.07. The lowest BCUT2D eigenvalue weighted by Gasteiger charge is -2.15. The zero-order valence-electron chi connectivity index (χ0n) is 9.46. The molecule has 1 unspecified atom stereocenters. The average Bonchev–Trinajstić information content (AvgIpc) is 2.16.